The Balaban J connectivity index is 0. The first-order chi connectivity index (χ1) is 4.83. The van der Waals surface area contributed by atoms with E-state index < -0.39 is 12.7 Å². The number of nitrogens with zero attached hydrogens (tertiary/aromatic N) is 1. The molecule has 0 aliphatic rings. The van der Waals surface area contributed by atoms with Gasteiger partial charge >= 0.3 is 0 Å². The van der Waals surface area contributed by atoms with Crippen LogP contribution in [0.5, 0.6) is 0 Å². The molecule has 1 atom stereocenters. The number of rotatable bonds is 3. The lowest BCUT2D eigenvalue weighted by atomic mass is 10.2. The molecule has 0 saturated carbocycles. The minimum atomic E-state index is -0.487. The van der Waals surface area contributed by atoms with Crippen LogP contribution in [-0.4, -0.2) is 22.7 Å². The Bertz CT molecular complexity index is 181. The second-order valence-corrected chi connectivity index (χ2v) is 2.20. The summed E-state index contributed by atoms with van der Waals surface area (Å²) in [6, 6.07) is -0.402. The smallest absolute Gasteiger partial charge is 0.105 e. The summed E-state index contributed by atoms with van der Waals surface area (Å²) < 4.78 is 11.8. The Morgan fingerprint density at radius 2 is 2.33 bits per heavy atom. The van der Waals surface area contributed by atoms with Crippen molar-refractivity contribution in [3.05, 3.63) is 18.2 Å². The maximum absolute atomic E-state index is 11.8. The van der Waals surface area contributed by atoms with Crippen molar-refractivity contribution in [1.82, 2.24) is 9.97 Å². The predicted molar refractivity (Wildman–Crippen MR) is 46.0 cm³/mol. The van der Waals surface area contributed by atoms with Gasteiger partial charge in [0.15, 0.2) is 0 Å². The third-order valence-electron chi connectivity index (χ3n) is 1.24. The normalized spacial score (nSPS) is 11.2. The summed E-state index contributed by atoms with van der Waals surface area (Å²) in [4.78, 5) is 6.62. The third-order valence-corrected chi connectivity index (χ3v) is 1.24. The minimum Gasteiger partial charge on any atom is -0.348 e. The van der Waals surface area contributed by atoms with E-state index in [2.05, 4.69) is 9.97 Å². The Labute approximate surface area is 75.3 Å². The molecular formula is C6H12ClF2N3. The molecule has 0 radical (unpaired) electrons. The highest BCUT2D eigenvalue weighted by atomic mass is 35.5. The van der Waals surface area contributed by atoms with E-state index in [1.54, 1.807) is 12.5 Å². The van der Waals surface area contributed by atoms with Crippen LogP contribution in [0.1, 0.15) is 5.69 Å². The molecule has 6 heteroatoms. The molecule has 0 bridgehead atoms. The molecule has 3 nitrogen and oxygen atoms in total. The van der Waals surface area contributed by atoms with Crippen molar-refractivity contribution in [3.8, 4) is 0 Å². The number of nitrogens with two attached hydrogens (primary N) is 1. The first-order valence-corrected chi connectivity index (χ1v) is 3.11. The van der Waals surface area contributed by atoms with Gasteiger partial charge in [-0.2, -0.15) is 0 Å². The number of imidazole rings is 1. The first kappa shape index (κ1) is 13.9. The van der Waals surface area contributed by atoms with E-state index in [4.69, 9.17) is 5.73 Å². The predicted octanol–water partition coefficient (Wildman–Crippen LogP) is 0.823. The molecular weight excluding hydrogens is 188 g/mol. The van der Waals surface area contributed by atoms with Gasteiger partial charge in [0.1, 0.15) is 6.67 Å². The summed E-state index contributed by atoms with van der Waals surface area (Å²) in [6.45, 7) is -0.487. The molecule has 72 valence electrons. The van der Waals surface area contributed by atoms with Crippen LogP contribution in [0, 0.1) is 0 Å². The van der Waals surface area contributed by atoms with Crippen LogP contribution in [0.2, 0.25) is 0 Å². The van der Waals surface area contributed by atoms with Crippen LogP contribution < -0.4 is 5.73 Å². The first-order valence-electron chi connectivity index (χ1n) is 3.11. The summed E-state index contributed by atoms with van der Waals surface area (Å²) in [5.74, 6) is 0. The molecule has 1 aromatic heterocycles. The van der Waals surface area contributed by atoms with Crippen molar-refractivity contribution in [1.29, 1.82) is 0 Å². The highest BCUT2D eigenvalue weighted by molar-refractivity contribution is 5.85. The van der Waals surface area contributed by atoms with Crippen LogP contribution in [-0.2, 0) is 6.42 Å². The number of halogens is 3. The average molecular weight is 200 g/mol. The Kier molecular flexibility index (Phi) is 8.09. The van der Waals surface area contributed by atoms with E-state index in [0.29, 0.717) is 6.42 Å². The van der Waals surface area contributed by atoms with E-state index in [9.17, 15) is 4.39 Å². The van der Waals surface area contributed by atoms with Crippen LogP contribution in [0.3, 0.4) is 0 Å². The van der Waals surface area contributed by atoms with Crippen molar-refractivity contribution < 1.29 is 9.09 Å². The van der Waals surface area contributed by atoms with E-state index in [1.807, 2.05) is 0 Å². The summed E-state index contributed by atoms with van der Waals surface area (Å²) >= 11 is 0. The summed E-state index contributed by atoms with van der Waals surface area (Å²) in [6.07, 6.45) is 3.73. The van der Waals surface area contributed by atoms with E-state index in [-0.39, 0.29) is 17.1 Å². The van der Waals surface area contributed by atoms with E-state index >= 15 is 0 Å². The quantitative estimate of drug-likeness (QED) is 0.758. The number of hydrogen-bond donors (Lipinski definition) is 2. The molecule has 12 heavy (non-hydrogen) atoms. The van der Waals surface area contributed by atoms with Gasteiger partial charge < -0.3 is 10.7 Å². The summed E-state index contributed by atoms with van der Waals surface area (Å²) in [5.41, 5.74) is 6.22. The number of hydrogen-bond acceptors (Lipinski definition) is 2. The monoisotopic (exact) mass is 199 g/mol. The maximum atomic E-state index is 11.8. The van der Waals surface area contributed by atoms with E-state index in [1.165, 1.54) is 0 Å². The molecule has 0 spiro atoms. The lowest BCUT2D eigenvalue weighted by Gasteiger charge is -2.02. The minimum absolute atomic E-state index is 0. The number of H-pyrrole nitrogens is 1. The zero-order chi connectivity index (χ0) is 7.40. The number of aromatic amines is 1. The average Bonchev–Trinajstić information content (AvgIpc) is 2.40. The van der Waals surface area contributed by atoms with Gasteiger partial charge in [0, 0.05) is 24.4 Å². The molecule has 1 aromatic rings. The third kappa shape index (κ3) is 4.25. The van der Waals surface area contributed by atoms with Gasteiger partial charge in [-0.05, 0) is 0 Å². The molecule has 0 aliphatic carbocycles. The number of aromatic nitrogens is 2. The van der Waals surface area contributed by atoms with Crippen molar-refractivity contribution in [2.45, 2.75) is 12.5 Å². The fraction of sp³-hybridized carbons (Fsp3) is 0.500. The summed E-state index contributed by atoms with van der Waals surface area (Å²) in [7, 11) is 0. The van der Waals surface area contributed by atoms with Crippen LogP contribution in [0.4, 0.5) is 9.09 Å². The van der Waals surface area contributed by atoms with Gasteiger partial charge in [-0.3, -0.25) is 4.70 Å². The molecule has 1 rings (SSSR count). The van der Waals surface area contributed by atoms with Crippen LogP contribution in [0.15, 0.2) is 12.5 Å². The van der Waals surface area contributed by atoms with Crippen molar-refractivity contribution in [2.24, 2.45) is 5.73 Å². The van der Waals surface area contributed by atoms with Crippen molar-refractivity contribution in [2.75, 3.05) is 6.67 Å². The Morgan fingerprint density at radius 1 is 1.67 bits per heavy atom. The summed E-state index contributed by atoms with van der Waals surface area (Å²) in [5, 5.41) is 0. The molecule has 3 N–H and O–H groups in total. The fourth-order valence-corrected chi connectivity index (χ4v) is 0.733. The van der Waals surface area contributed by atoms with Crippen LogP contribution in [0.25, 0.3) is 0 Å². The molecule has 0 amide bonds. The SMILES string of the molecule is Cl.F.N[C@@H](CF)Cc1cnc[nH]1. The van der Waals surface area contributed by atoms with Gasteiger partial charge in [0.05, 0.1) is 6.33 Å². The topological polar surface area (TPSA) is 54.7 Å². The zero-order valence-corrected chi connectivity index (χ0v) is 7.18. The standard InChI is InChI=1S/C6H10FN3.ClH.FH/c7-2-5(8)1-6-3-9-4-10-6;;/h3-5H,1-2,8H2,(H,9,10);2*1H/t5-;;/m1../s1. The molecule has 0 saturated heterocycles. The number of alkyl halides is 1. The zero-order valence-electron chi connectivity index (χ0n) is 6.37. The largest absolute Gasteiger partial charge is 0.348 e. The Hall–Kier alpha value is -0.680. The second-order valence-electron chi connectivity index (χ2n) is 2.20. The molecule has 0 aliphatic heterocycles. The fourth-order valence-electron chi connectivity index (χ4n) is 0.733. The highest BCUT2D eigenvalue weighted by Crippen LogP contribution is 1.95. The van der Waals surface area contributed by atoms with Crippen molar-refractivity contribution in [3.63, 3.8) is 0 Å². The van der Waals surface area contributed by atoms with Crippen molar-refractivity contribution >= 4 is 12.4 Å². The van der Waals surface area contributed by atoms with Crippen LogP contribution >= 0.6 is 12.4 Å². The van der Waals surface area contributed by atoms with Gasteiger partial charge in [-0.15, -0.1) is 12.4 Å². The maximum Gasteiger partial charge on any atom is 0.105 e. The van der Waals surface area contributed by atoms with E-state index in [0.717, 1.165) is 5.69 Å². The lowest BCUT2D eigenvalue weighted by molar-refractivity contribution is 0.425. The Morgan fingerprint density at radius 3 is 2.75 bits per heavy atom. The van der Waals surface area contributed by atoms with Gasteiger partial charge in [-0.25, -0.2) is 9.37 Å². The second kappa shape index (κ2) is 7.00. The van der Waals surface area contributed by atoms with Gasteiger partial charge in [-0.1, -0.05) is 0 Å². The molecule has 1 heterocycles. The number of nitrogens with one attached hydrogen (secondary N) is 1. The van der Waals surface area contributed by atoms with Gasteiger partial charge in [0.25, 0.3) is 0 Å². The lowest BCUT2D eigenvalue weighted by Crippen LogP contribution is -2.24. The highest BCUT2D eigenvalue weighted by Gasteiger charge is 2.02. The van der Waals surface area contributed by atoms with Gasteiger partial charge in [0.2, 0.25) is 0 Å². The molecule has 0 aromatic carbocycles. The molecule has 0 fully saturated rings. The molecule has 0 unspecified atom stereocenters.